The van der Waals surface area contributed by atoms with Crippen molar-refractivity contribution in [3.8, 4) is 5.75 Å². The average Bonchev–Trinajstić information content (AvgIpc) is 2.48. The van der Waals surface area contributed by atoms with Crippen molar-refractivity contribution < 1.29 is 14.3 Å². The Kier molecular flexibility index (Phi) is 5.83. The van der Waals surface area contributed by atoms with Gasteiger partial charge in [-0.05, 0) is 19.1 Å². The lowest BCUT2D eigenvalue weighted by Crippen LogP contribution is -2.53. The first-order valence-electron chi connectivity index (χ1n) is 7.03. The van der Waals surface area contributed by atoms with Crippen molar-refractivity contribution in [1.82, 2.24) is 10.2 Å². The van der Waals surface area contributed by atoms with Crippen molar-refractivity contribution in [2.45, 2.75) is 13.0 Å². The zero-order valence-corrected chi connectivity index (χ0v) is 11.9. The third kappa shape index (κ3) is 4.51. The van der Waals surface area contributed by atoms with Crippen LogP contribution in [0.15, 0.2) is 30.3 Å². The third-order valence-corrected chi connectivity index (χ3v) is 3.29. The summed E-state index contributed by atoms with van der Waals surface area (Å²) < 4.78 is 10.9. The Morgan fingerprint density at radius 2 is 2.15 bits per heavy atom. The molecule has 0 unspecified atom stereocenters. The van der Waals surface area contributed by atoms with E-state index in [1.807, 2.05) is 42.2 Å². The third-order valence-electron chi connectivity index (χ3n) is 3.29. The van der Waals surface area contributed by atoms with Crippen LogP contribution >= 0.6 is 0 Å². The second kappa shape index (κ2) is 7.87. The number of carbonyl (C=O) groups is 1. The Morgan fingerprint density at radius 3 is 2.90 bits per heavy atom. The molecule has 110 valence electrons. The molecule has 20 heavy (non-hydrogen) atoms. The molecule has 1 fully saturated rings. The number of carbonyl (C=O) groups excluding carboxylic acids is 1. The van der Waals surface area contributed by atoms with Crippen molar-refractivity contribution in [1.29, 1.82) is 0 Å². The van der Waals surface area contributed by atoms with Crippen molar-refractivity contribution in [3.63, 3.8) is 0 Å². The second-order valence-electron chi connectivity index (χ2n) is 4.85. The fourth-order valence-corrected chi connectivity index (χ4v) is 2.19. The fourth-order valence-electron chi connectivity index (χ4n) is 2.19. The molecule has 0 aliphatic carbocycles. The molecule has 0 bridgehead atoms. The minimum Gasteiger partial charge on any atom is -0.491 e. The number of hydrogen-bond donors (Lipinski definition) is 1. The number of amides is 1. The van der Waals surface area contributed by atoms with Crippen LogP contribution in [0.4, 0.5) is 0 Å². The van der Waals surface area contributed by atoms with Crippen molar-refractivity contribution in [2.75, 3.05) is 39.5 Å². The lowest BCUT2D eigenvalue weighted by Gasteiger charge is -2.33. The summed E-state index contributed by atoms with van der Waals surface area (Å²) in [6.07, 6.45) is 0. The number of nitrogens with zero attached hydrogens (tertiary/aromatic N) is 1. The molecule has 0 aromatic heterocycles. The first kappa shape index (κ1) is 14.8. The van der Waals surface area contributed by atoms with Gasteiger partial charge in [0, 0.05) is 25.7 Å². The molecular formula is C15H22N2O3. The minimum atomic E-state index is 0.0544. The molecule has 5 nitrogen and oxygen atoms in total. The smallest absolute Gasteiger partial charge is 0.248 e. The number of hydrogen-bond acceptors (Lipinski definition) is 4. The summed E-state index contributed by atoms with van der Waals surface area (Å²) in [5.41, 5.74) is 0. The maximum atomic E-state index is 12.0. The summed E-state index contributed by atoms with van der Waals surface area (Å²) >= 11 is 0. The van der Waals surface area contributed by atoms with Gasteiger partial charge in [-0.1, -0.05) is 18.2 Å². The summed E-state index contributed by atoms with van der Waals surface area (Å²) in [5.74, 6) is 0.872. The van der Waals surface area contributed by atoms with Gasteiger partial charge in [-0.3, -0.25) is 4.79 Å². The van der Waals surface area contributed by atoms with E-state index in [2.05, 4.69) is 5.32 Å². The van der Waals surface area contributed by atoms with Crippen LogP contribution in [0.3, 0.4) is 0 Å². The predicted octanol–water partition coefficient (Wildman–Crippen LogP) is 0.902. The topological polar surface area (TPSA) is 50.8 Å². The summed E-state index contributed by atoms with van der Waals surface area (Å²) in [4.78, 5) is 13.8. The molecule has 5 heteroatoms. The van der Waals surface area contributed by atoms with Crippen molar-refractivity contribution >= 4 is 5.91 Å². The molecule has 1 aromatic carbocycles. The highest BCUT2D eigenvalue weighted by Gasteiger charge is 2.22. The maximum absolute atomic E-state index is 12.0. The van der Waals surface area contributed by atoms with E-state index >= 15 is 0 Å². The van der Waals surface area contributed by atoms with Gasteiger partial charge in [-0.2, -0.15) is 0 Å². The molecule has 1 aromatic rings. The van der Waals surface area contributed by atoms with E-state index in [0.717, 1.165) is 25.4 Å². The molecule has 1 saturated heterocycles. The SMILES string of the molecule is C[C@@H]1CNCCN1C(=O)COCCOc1ccccc1. The Morgan fingerprint density at radius 1 is 1.35 bits per heavy atom. The standard InChI is InChI=1S/C15H22N2O3/c1-13-11-16-7-8-17(13)15(18)12-19-9-10-20-14-5-3-2-4-6-14/h2-6,13,16H,7-12H2,1H3/t13-/m1/s1. The molecule has 0 radical (unpaired) electrons. The van der Waals surface area contributed by atoms with E-state index in [0.29, 0.717) is 13.2 Å². The first-order valence-corrected chi connectivity index (χ1v) is 7.03. The molecule has 0 spiro atoms. The maximum Gasteiger partial charge on any atom is 0.248 e. The Bertz CT molecular complexity index is 411. The van der Waals surface area contributed by atoms with E-state index in [-0.39, 0.29) is 18.6 Å². The number of benzene rings is 1. The fraction of sp³-hybridized carbons (Fsp3) is 0.533. The largest absolute Gasteiger partial charge is 0.491 e. The molecule has 0 saturated carbocycles. The van der Waals surface area contributed by atoms with Gasteiger partial charge in [0.2, 0.25) is 5.91 Å². The Balaban J connectivity index is 1.59. The van der Waals surface area contributed by atoms with Crippen LogP contribution in [0.5, 0.6) is 5.75 Å². The van der Waals surface area contributed by atoms with Crippen LogP contribution in [0, 0.1) is 0 Å². The van der Waals surface area contributed by atoms with E-state index in [4.69, 9.17) is 9.47 Å². The summed E-state index contributed by atoms with van der Waals surface area (Å²) in [6, 6.07) is 9.81. The number of nitrogens with one attached hydrogen (secondary N) is 1. The lowest BCUT2D eigenvalue weighted by molar-refractivity contribution is -0.139. The van der Waals surface area contributed by atoms with E-state index in [1.165, 1.54) is 0 Å². The van der Waals surface area contributed by atoms with Gasteiger partial charge in [-0.15, -0.1) is 0 Å². The number of piperazine rings is 1. The molecule has 1 N–H and O–H groups in total. The highest BCUT2D eigenvalue weighted by Crippen LogP contribution is 2.07. The minimum absolute atomic E-state index is 0.0544. The van der Waals surface area contributed by atoms with Crippen LogP contribution < -0.4 is 10.1 Å². The summed E-state index contributed by atoms with van der Waals surface area (Å²) in [6.45, 7) is 5.50. The predicted molar refractivity (Wildman–Crippen MR) is 76.8 cm³/mol. The van der Waals surface area contributed by atoms with Gasteiger partial charge in [-0.25, -0.2) is 0 Å². The van der Waals surface area contributed by atoms with Crippen molar-refractivity contribution in [2.24, 2.45) is 0 Å². The van der Waals surface area contributed by atoms with E-state index < -0.39 is 0 Å². The highest BCUT2D eigenvalue weighted by molar-refractivity contribution is 5.77. The van der Waals surface area contributed by atoms with Gasteiger partial charge in [0.1, 0.15) is 19.0 Å². The molecule has 1 amide bonds. The van der Waals surface area contributed by atoms with E-state index in [9.17, 15) is 4.79 Å². The summed E-state index contributed by atoms with van der Waals surface area (Å²) in [5, 5.41) is 3.26. The van der Waals surface area contributed by atoms with Crippen LogP contribution in [-0.4, -0.2) is 56.3 Å². The first-order chi connectivity index (χ1) is 9.77. The van der Waals surface area contributed by atoms with Crippen LogP contribution in [-0.2, 0) is 9.53 Å². The normalized spacial score (nSPS) is 18.9. The van der Waals surface area contributed by atoms with Gasteiger partial charge < -0.3 is 19.7 Å². The number of ether oxygens (including phenoxy) is 2. The number of para-hydroxylation sites is 1. The summed E-state index contributed by atoms with van der Waals surface area (Å²) in [7, 11) is 0. The number of rotatable bonds is 6. The lowest BCUT2D eigenvalue weighted by atomic mass is 10.2. The molecule has 2 rings (SSSR count). The zero-order valence-electron chi connectivity index (χ0n) is 11.9. The van der Waals surface area contributed by atoms with Gasteiger partial charge >= 0.3 is 0 Å². The second-order valence-corrected chi connectivity index (χ2v) is 4.85. The quantitative estimate of drug-likeness (QED) is 0.786. The van der Waals surface area contributed by atoms with Gasteiger partial charge in [0.25, 0.3) is 0 Å². The van der Waals surface area contributed by atoms with Gasteiger partial charge in [0.05, 0.1) is 6.61 Å². The average molecular weight is 278 g/mol. The zero-order chi connectivity index (χ0) is 14.2. The van der Waals surface area contributed by atoms with Gasteiger partial charge in [0.15, 0.2) is 0 Å². The molecule has 1 atom stereocenters. The molecule has 1 heterocycles. The van der Waals surface area contributed by atoms with Crippen LogP contribution in [0.2, 0.25) is 0 Å². The molecular weight excluding hydrogens is 256 g/mol. The Labute approximate surface area is 119 Å². The molecule has 1 aliphatic rings. The van der Waals surface area contributed by atoms with E-state index in [1.54, 1.807) is 0 Å². The highest BCUT2D eigenvalue weighted by atomic mass is 16.5. The molecule has 1 aliphatic heterocycles. The van der Waals surface area contributed by atoms with Crippen molar-refractivity contribution in [3.05, 3.63) is 30.3 Å². The monoisotopic (exact) mass is 278 g/mol. The van der Waals surface area contributed by atoms with Crippen LogP contribution in [0.25, 0.3) is 0 Å². The Hall–Kier alpha value is -1.59. The van der Waals surface area contributed by atoms with Crippen LogP contribution in [0.1, 0.15) is 6.92 Å².